The van der Waals surface area contributed by atoms with E-state index in [0.717, 1.165) is 29.8 Å². The van der Waals surface area contributed by atoms with E-state index in [1.165, 1.54) is 48.5 Å². The van der Waals surface area contributed by atoms with Crippen molar-refractivity contribution in [3.8, 4) is 0 Å². The highest BCUT2D eigenvalue weighted by Crippen LogP contribution is 2.54. The van der Waals surface area contributed by atoms with Crippen molar-refractivity contribution < 1.29 is 39.7 Å². The van der Waals surface area contributed by atoms with E-state index in [0.29, 0.717) is 30.0 Å². The van der Waals surface area contributed by atoms with Gasteiger partial charge >= 0.3 is 12.4 Å². The predicted molar refractivity (Wildman–Crippen MR) is 152 cm³/mol. The van der Waals surface area contributed by atoms with Crippen molar-refractivity contribution in [1.29, 1.82) is 0 Å². The van der Waals surface area contributed by atoms with Gasteiger partial charge in [0.05, 0.1) is 22.2 Å². The zero-order valence-electron chi connectivity index (χ0n) is 23.2. The molecule has 0 aromatic heterocycles. The molecule has 5 rings (SSSR count). The summed E-state index contributed by atoms with van der Waals surface area (Å²) in [5, 5.41) is 0. The van der Waals surface area contributed by atoms with E-state index in [2.05, 4.69) is 0 Å². The fourth-order valence-electron chi connectivity index (χ4n) is 5.62. The minimum Gasteiger partial charge on any atom is -0.349 e. The average Bonchev–Trinajstić information content (AvgIpc) is 3.42. The van der Waals surface area contributed by atoms with Gasteiger partial charge in [-0.15, -0.1) is 0 Å². The number of alkyl halides is 6. The summed E-state index contributed by atoms with van der Waals surface area (Å²) in [7, 11) is -1.83. The first-order valence-corrected chi connectivity index (χ1v) is 14.9. The highest BCUT2D eigenvalue weighted by molar-refractivity contribution is 7.86. The van der Waals surface area contributed by atoms with Gasteiger partial charge in [0.2, 0.25) is 0 Å². The van der Waals surface area contributed by atoms with Crippen molar-refractivity contribution in [3.05, 3.63) is 137 Å². The molecule has 0 N–H and O–H groups in total. The Labute approximate surface area is 252 Å². The number of halogens is 7. The summed E-state index contributed by atoms with van der Waals surface area (Å²) in [5.74, 6) is -0.535. The van der Waals surface area contributed by atoms with Gasteiger partial charge in [0.25, 0.3) is 5.60 Å². The van der Waals surface area contributed by atoms with E-state index in [1.807, 2.05) is 35.2 Å². The first-order valence-electron chi connectivity index (χ1n) is 13.7. The topological polar surface area (TPSA) is 29.5 Å². The molecule has 0 radical (unpaired) electrons. The Hall–Kier alpha value is -3.54. The molecule has 0 aliphatic carbocycles. The summed E-state index contributed by atoms with van der Waals surface area (Å²) in [4.78, 5) is 2.33. The van der Waals surface area contributed by atoms with Gasteiger partial charge in [0, 0.05) is 30.1 Å². The van der Waals surface area contributed by atoms with Gasteiger partial charge in [0.1, 0.15) is 5.82 Å². The zero-order valence-corrected chi connectivity index (χ0v) is 24.1. The molecule has 1 aliphatic rings. The SMILES string of the molecule is O=S(c1ccc(F)cc1)C1(c2ccc(C(OCc3ccccc3)(C(F)(F)F)C(F)(F)F)cc2)CCN(Cc2ccccc2)C1. The maximum Gasteiger partial charge on any atom is 0.430 e. The smallest absolute Gasteiger partial charge is 0.349 e. The number of rotatable bonds is 9. The lowest BCUT2D eigenvalue weighted by atomic mass is 9.88. The van der Waals surface area contributed by atoms with Gasteiger partial charge in [-0.05, 0) is 47.4 Å². The zero-order chi connectivity index (χ0) is 31.6. The van der Waals surface area contributed by atoms with Crippen LogP contribution in [-0.2, 0) is 39.0 Å². The molecule has 0 bridgehead atoms. The first kappa shape index (κ1) is 31.9. The average molecular weight is 636 g/mol. The van der Waals surface area contributed by atoms with E-state index in [4.69, 9.17) is 4.74 Å². The Morgan fingerprint density at radius 3 is 1.82 bits per heavy atom. The fraction of sp³-hybridized carbons (Fsp3) is 0.273. The van der Waals surface area contributed by atoms with Crippen molar-refractivity contribution in [2.75, 3.05) is 13.1 Å². The molecule has 4 aromatic carbocycles. The number of ether oxygens (including phenoxy) is 1. The Morgan fingerprint density at radius 2 is 1.27 bits per heavy atom. The molecule has 0 spiro atoms. The molecule has 3 nitrogen and oxygen atoms in total. The predicted octanol–water partition coefficient (Wildman–Crippen LogP) is 8.27. The van der Waals surface area contributed by atoms with E-state index >= 15 is 0 Å². The Bertz CT molecular complexity index is 1550. The normalized spacial score (nSPS) is 18.8. The van der Waals surface area contributed by atoms with Crippen LogP contribution in [0.15, 0.2) is 114 Å². The lowest BCUT2D eigenvalue weighted by Gasteiger charge is -2.38. The molecule has 232 valence electrons. The molecule has 2 atom stereocenters. The maximum absolute atomic E-state index is 14.4. The minimum absolute atomic E-state index is 0.139. The third-order valence-corrected chi connectivity index (χ3v) is 9.84. The molecule has 4 aromatic rings. The quantitative estimate of drug-likeness (QED) is 0.174. The lowest BCUT2D eigenvalue weighted by molar-refractivity contribution is -0.392. The Kier molecular flexibility index (Phi) is 9.02. The van der Waals surface area contributed by atoms with E-state index in [-0.39, 0.29) is 12.1 Å². The molecule has 1 fully saturated rings. The van der Waals surface area contributed by atoms with Crippen molar-refractivity contribution in [2.45, 2.75) is 47.2 Å². The Balaban J connectivity index is 1.54. The molecular formula is C33H28F7NO2S. The van der Waals surface area contributed by atoms with Crippen molar-refractivity contribution in [1.82, 2.24) is 4.90 Å². The lowest BCUT2D eigenvalue weighted by Crippen LogP contribution is -2.55. The van der Waals surface area contributed by atoms with E-state index in [1.54, 1.807) is 6.07 Å². The van der Waals surface area contributed by atoms with Crippen LogP contribution >= 0.6 is 0 Å². The molecule has 0 amide bonds. The molecule has 1 aliphatic heterocycles. The van der Waals surface area contributed by atoms with Crippen LogP contribution in [0.1, 0.15) is 28.7 Å². The monoisotopic (exact) mass is 635 g/mol. The highest BCUT2D eigenvalue weighted by atomic mass is 32.2. The second-order valence-electron chi connectivity index (χ2n) is 10.7. The van der Waals surface area contributed by atoms with Crippen molar-refractivity contribution in [3.63, 3.8) is 0 Å². The van der Waals surface area contributed by atoms with Gasteiger partial charge < -0.3 is 4.74 Å². The molecule has 1 heterocycles. The third kappa shape index (κ3) is 6.18. The van der Waals surface area contributed by atoms with E-state index < -0.39 is 51.5 Å². The standard InChI is InChI=1S/C33H28F7NO2S/c34-28-15-17-29(18-16-28)44(42)30(19-20-41(23-30)21-24-7-3-1-4-8-24)26-11-13-27(14-12-26)31(32(35,36)37,33(38,39)40)43-22-25-9-5-2-6-10-25/h1-18H,19-23H2. The number of hydrogen-bond acceptors (Lipinski definition) is 3. The summed E-state index contributed by atoms with van der Waals surface area (Å²) in [6.07, 6.45) is -11.4. The largest absolute Gasteiger partial charge is 0.430 e. The van der Waals surface area contributed by atoms with Crippen LogP contribution in [0.25, 0.3) is 0 Å². The second kappa shape index (κ2) is 12.5. The van der Waals surface area contributed by atoms with Crippen LogP contribution in [-0.4, -0.2) is 34.6 Å². The van der Waals surface area contributed by atoms with Gasteiger partial charge in [-0.1, -0.05) is 84.9 Å². The number of benzene rings is 4. The number of likely N-dealkylation sites (tertiary alicyclic amines) is 1. The number of nitrogens with zero attached hydrogens (tertiary/aromatic N) is 1. The van der Waals surface area contributed by atoms with Crippen LogP contribution in [0.4, 0.5) is 30.7 Å². The van der Waals surface area contributed by atoms with E-state index in [9.17, 15) is 34.9 Å². The van der Waals surface area contributed by atoms with Gasteiger partial charge in [-0.3, -0.25) is 9.11 Å². The molecule has 2 unspecified atom stereocenters. The minimum atomic E-state index is -5.85. The fourth-order valence-corrected chi connectivity index (χ4v) is 7.38. The maximum atomic E-state index is 14.4. The van der Waals surface area contributed by atoms with Gasteiger partial charge in [-0.2, -0.15) is 26.3 Å². The van der Waals surface area contributed by atoms with Crippen LogP contribution in [0.2, 0.25) is 0 Å². The highest BCUT2D eigenvalue weighted by Gasteiger charge is 2.73. The van der Waals surface area contributed by atoms with Crippen LogP contribution in [0, 0.1) is 5.82 Å². The third-order valence-electron chi connectivity index (χ3n) is 7.86. The number of hydrogen-bond donors (Lipinski definition) is 0. The molecule has 11 heteroatoms. The van der Waals surface area contributed by atoms with Gasteiger partial charge in [0.15, 0.2) is 0 Å². The van der Waals surface area contributed by atoms with Gasteiger partial charge in [-0.25, -0.2) is 4.39 Å². The summed E-state index contributed by atoms with van der Waals surface area (Å²) in [6, 6.07) is 25.7. The summed E-state index contributed by atoms with van der Waals surface area (Å²) in [6.45, 7) is 0.243. The molecule has 44 heavy (non-hydrogen) atoms. The summed E-state index contributed by atoms with van der Waals surface area (Å²) >= 11 is 0. The Morgan fingerprint density at radius 1 is 0.727 bits per heavy atom. The molecule has 1 saturated heterocycles. The van der Waals surface area contributed by atoms with Crippen LogP contribution < -0.4 is 0 Å². The molecular weight excluding hydrogens is 607 g/mol. The summed E-state index contributed by atoms with van der Waals surface area (Å²) < 4.78 is 118. The second-order valence-corrected chi connectivity index (χ2v) is 12.5. The van der Waals surface area contributed by atoms with Crippen molar-refractivity contribution in [2.24, 2.45) is 0 Å². The van der Waals surface area contributed by atoms with Crippen LogP contribution in [0.3, 0.4) is 0 Å². The summed E-state index contributed by atoms with van der Waals surface area (Å²) in [5.41, 5.74) is -4.31. The van der Waals surface area contributed by atoms with Crippen LogP contribution in [0.5, 0.6) is 0 Å². The molecule has 0 saturated carbocycles. The van der Waals surface area contributed by atoms with Crippen molar-refractivity contribution >= 4 is 10.8 Å². The first-order chi connectivity index (χ1) is 20.9.